The van der Waals surface area contributed by atoms with Crippen LogP contribution >= 0.6 is 11.6 Å². The van der Waals surface area contributed by atoms with Crippen LogP contribution in [0.5, 0.6) is 11.5 Å². The van der Waals surface area contributed by atoms with E-state index < -0.39 is 33.4 Å². The van der Waals surface area contributed by atoms with E-state index in [0.29, 0.717) is 29.7 Å². The summed E-state index contributed by atoms with van der Waals surface area (Å²) in [5.41, 5.74) is 0.718. The van der Waals surface area contributed by atoms with Gasteiger partial charge < -0.3 is 14.6 Å². The average molecular weight is 578 g/mol. The zero-order chi connectivity index (χ0) is 28.5. The first kappa shape index (κ1) is 28.9. The third-order valence-corrected chi connectivity index (χ3v) is 8.53. The van der Waals surface area contributed by atoms with Crippen molar-refractivity contribution in [2.45, 2.75) is 50.2 Å². The first-order valence-corrected chi connectivity index (χ1v) is 14.1. The summed E-state index contributed by atoms with van der Waals surface area (Å²) >= 11 is 6.23. The first-order chi connectivity index (χ1) is 18.3. The average Bonchev–Trinajstić information content (AvgIpc) is 2.86. The number of anilines is 1. The highest BCUT2D eigenvalue weighted by molar-refractivity contribution is 7.92. The lowest BCUT2D eigenvalue weighted by atomic mass is 9.99. The molecule has 1 atom stereocenters. The van der Waals surface area contributed by atoms with Crippen LogP contribution in [0.1, 0.15) is 44.7 Å². The lowest BCUT2D eigenvalue weighted by Crippen LogP contribution is -2.44. The van der Waals surface area contributed by atoms with Gasteiger partial charge in [0, 0.05) is 11.6 Å². The van der Waals surface area contributed by atoms with Crippen molar-refractivity contribution in [3.63, 3.8) is 0 Å². The number of halogens is 3. The van der Waals surface area contributed by atoms with Gasteiger partial charge in [0.15, 0.2) is 11.6 Å². The van der Waals surface area contributed by atoms with Crippen molar-refractivity contribution in [1.29, 1.82) is 0 Å². The third-order valence-electron chi connectivity index (χ3n) is 6.44. The summed E-state index contributed by atoms with van der Waals surface area (Å²) in [6.07, 6.45) is 1.95. The molecule has 3 aromatic carbocycles. The number of benzene rings is 3. The maximum absolute atomic E-state index is 14.5. The van der Waals surface area contributed by atoms with E-state index in [4.69, 9.17) is 21.1 Å². The van der Waals surface area contributed by atoms with Crippen molar-refractivity contribution in [2.75, 3.05) is 18.0 Å². The second-order valence-electron chi connectivity index (χ2n) is 10.1. The number of aliphatic hydroxyl groups is 1. The highest BCUT2D eigenvalue weighted by Gasteiger charge is 2.35. The summed E-state index contributed by atoms with van der Waals surface area (Å²) in [6, 6.07) is 12.8. The molecule has 208 valence electrons. The van der Waals surface area contributed by atoms with Crippen LogP contribution < -0.4 is 13.8 Å². The SMILES string of the molecule is COc1cc(S(=O)(=O)N2C[C@H](CCC(C)(C)O)Oc3ccc(C=C(C)c4c(F)cccc4Cl)cc32)ccc1F. The van der Waals surface area contributed by atoms with Gasteiger partial charge in [-0.2, -0.15) is 0 Å². The van der Waals surface area contributed by atoms with Crippen LogP contribution in [0.3, 0.4) is 0 Å². The molecule has 0 aromatic heterocycles. The number of ether oxygens (including phenoxy) is 2. The quantitative estimate of drug-likeness (QED) is 0.302. The topological polar surface area (TPSA) is 76.1 Å². The van der Waals surface area contributed by atoms with Gasteiger partial charge in [-0.15, -0.1) is 0 Å². The minimum absolute atomic E-state index is 0.0314. The number of allylic oxidation sites excluding steroid dienone is 1. The lowest BCUT2D eigenvalue weighted by Gasteiger charge is -2.36. The highest BCUT2D eigenvalue weighted by atomic mass is 35.5. The molecule has 1 N–H and O–H groups in total. The molecule has 0 spiro atoms. The van der Waals surface area contributed by atoms with Gasteiger partial charge in [-0.05, 0) is 81.1 Å². The molecule has 10 heteroatoms. The van der Waals surface area contributed by atoms with E-state index in [0.717, 1.165) is 12.1 Å². The maximum Gasteiger partial charge on any atom is 0.264 e. The van der Waals surface area contributed by atoms with Crippen LogP contribution in [-0.2, 0) is 10.0 Å². The summed E-state index contributed by atoms with van der Waals surface area (Å²) in [4.78, 5) is -0.148. The Morgan fingerprint density at radius 2 is 1.92 bits per heavy atom. The van der Waals surface area contributed by atoms with E-state index in [9.17, 15) is 22.3 Å². The summed E-state index contributed by atoms with van der Waals surface area (Å²) in [5.74, 6) is -1.02. The van der Waals surface area contributed by atoms with E-state index >= 15 is 0 Å². The molecule has 4 rings (SSSR count). The fourth-order valence-corrected chi connectivity index (χ4v) is 6.26. The molecule has 0 saturated heterocycles. The first-order valence-electron chi connectivity index (χ1n) is 12.3. The Balaban J connectivity index is 1.79. The summed E-state index contributed by atoms with van der Waals surface area (Å²) in [6.45, 7) is 5.03. The molecular formula is C29H30ClF2NO5S. The van der Waals surface area contributed by atoms with Crippen molar-refractivity contribution in [2.24, 2.45) is 0 Å². The molecule has 0 bridgehead atoms. The third kappa shape index (κ3) is 6.37. The molecule has 0 radical (unpaired) electrons. The van der Waals surface area contributed by atoms with Crippen molar-refractivity contribution < 1.29 is 31.8 Å². The Morgan fingerprint density at radius 3 is 2.59 bits per heavy atom. The minimum atomic E-state index is -4.18. The van der Waals surface area contributed by atoms with Gasteiger partial charge in [0.2, 0.25) is 0 Å². The number of sulfonamides is 1. The van der Waals surface area contributed by atoms with Gasteiger partial charge in [0.25, 0.3) is 10.0 Å². The van der Waals surface area contributed by atoms with Gasteiger partial charge >= 0.3 is 0 Å². The van der Waals surface area contributed by atoms with Crippen LogP contribution in [0.25, 0.3) is 11.6 Å². The Hall–Kier alpha value is -3.14. The Labute approximate surface area is 232 Å². The molecule has 0 fully saturated rings. The molecule has 0 aliphatic carbocycles. The minimum Gasteiger partial charge on any atom is -0.494 e. The molecule has 0 amide bonds. The number of hydrogen-bond donors (Lipinski definition) is 1. The van der Waals surface area contributed by atoms with Crippen molar-refractivity contribution in [3.05, 3.63) is 82.4 Å². The molecule has 39 heavy (non-hydrogen) atoms. The molecule has 0 saturated carbocycles. The van der Waals surface area contributed by atoms with E-state index in [1.807, 2.05) is 0 Å². The fourth-order valence-electron chi connectivity index (χ4n) is 4.44. The lowest BCUT2D eigenvalue weighted by molar-refractivity contribution is 0.0534. The second-order valence-corrected chi connectivity index (χ2v) is 12.3. The molecular weight excluding hydrogens is 548 g/mol. The summed E-state index contributed by atoms with van der Waals surface area (Å²) in [7, 11) is -2.92. The molecule has 0 unspecified atom stereocenters. The van der Waals surface area contributed by atoms with Crippen molar-refractivity contribution in [3.8, 4) is 11.5 Å². The zero-order valence-electron chi connectivity index (χ0n) is 22.0. The summed E-state index contributed by atoms with van der Waals surface area (Å²) < 4.78 is 68.7. The van der Waals surface area contributed by atoms with Crippen LogP contribution in [0.2, 0.25) is 5.02 Å². The van der Waals surface area contributed by atoms with Crippen LogP contribution in [0, 0.1) is 11.6 Å². The zero-order valence-corrected chi connectivity index (χ0v) is 23.6. The highest BCUT2D eigenvalue weighted by Crippen LogP contribution is 2.40. The van der Waals surface area contributed by atoms with E-state index in [2.05, 4.69) is 0 Å². The number of rotatable bonds is 8. The monoisotopic (exact) mass is 577 g/mol. The molecule has 6 nitrogen and oxygen atoms in total. The van der Waals surface area contributed by atoms with Crippen LogP contribution in [-0.4, -0.2) is 38.9 Å². The fraction of sp³-hybridized carbons (Fsp3) is 0.310. The number of nitrogens with zero attached hydrogens (tertiary/aromatic N) is 1. The van der Waals surface area contributed by atoms with Crippen LogP contribution in [0.15, 0.2) is 59.5 Å². The Bertz CT molecular complexity index is 1500. The van der Waals surface area contributed by atoms with Gasteiger partial charge in [0.1, 0.15) is 17.7 Å². The van der Waals surface area contributed by atoms with Crippen molar-refractivity contribution >= 4 is 39.0 Å². The normalized spacial score (nSPS) is 16.1. The number of hydrogen-bond acceptors (Lipinski definition) is 5. The van der Waals surface area contributed by atoms with Gasteiger partial charge in [-0.25, -0.2) is 17.2 Å². The standard InChI is InChI=1S/C29H30ClF2NO5S/c1-18(28-22(30)6-5-7-24(28)32)14-19-8-11-26-25(15-19)33(17-20(38-26)12-13-29(2,3)34)39(35,36)21-9-10-23(31)27(16-21)37-4/h5-11,14-16,20,34H,12-13,17H2,1-4H3/t20-/m0/s1. The largest absolute Gasteiger partial charge is 0.494 e. The number of fused-ring (bicyclic) bond motifs is 1. The molecule has 1 heterocycles. The van der Waals surface area contributed by atoms with Gasteiger partial charge in [-0.3, -0.25) is 4.31 Å². The maximum atomic E-state index is 14.5. The predicted molar refractivity (Wildman–Crippen MR) is 149 cm³/mol. The van der Waals surface area contributed by atoms with E-state index in [1.54, 1.807) is 51.1 Å². The summed E-state index contributed by atoms with van der Waals surface area (Å²) in [5, 5.41) is 10.5. The van der Waals surface area contributed by atoms with Gasteiger partial charge in [-0.1, -0.05) is 29.8 Å². The van der Waals surface area contributed by atoms with E-state index in [-0.39, 0.29) is 33.5 Å². The molecule has 1 aliphatic heterocycles. The Kier molecular flexibility index (Phi) is 8.25. The van der Waals surface area contributed by atoms with Gasteiger partial charge in [0.05, 0.1) is 34.9 Å². The predicted octanol–water partition coefficient (Wildman–Crippen LogP) is 6.69. The molecule has 1 aliphatic rings. The Morgan fingerprint density at radius 1 is 1.18 bits per heavy atom. The van der Waals surface area contributed by atoms with Crippen LogP contribution in [0.4, 0.5) is 14.5 Å². The van der Waals surface area contributed by atoms with Crippen molar-refractivity contribution in [1.82, 2.24) is 0 Å². The number of methoxy groups -OCH3 is 1. The molecule has 3 aromatic rings. The second kappa shape index (κ2) is 11.2. The van der Waals surface area contributed by atoms with E-state index in [1.165, 1.54) is 29.6 Å². The smallest absolute Gasteiger partial charge is 0.264 e.